The summed E-state index contributed by atoms with van der Waals surface area (Å²) < 4.78 is 0. The lowest BCUT2D eigenvalue weighted by atomic mass is 9.53. The van der Waals surface area contributed by atoms with Crippen LogP contribution >= 0.6 is 0 Å². The number of hydrogen-bond donors (Lipinski definition) is 2. The normalized spacial score (nSPS) is 29.8. The highest BCUT2D eigenvalue weighted by Crippen LogP contribution is 2.55. The number of likely N-dealkylation sites (N-methyl/N-ethyl adjacent to an activating group) is 1. The zero-order valence-corrected chi connectivity index (χ0v) is 23.9. The molecular formula is C33H43N3O3. The molecule has 7 rings (SSSR count). The molecule has 4 aliphatic carbocycles. The Morgan fingerprint density at radius 2 is 1.56 bits per heavy atom. The number of nitrogens with zero attached hydrogens (tertiary/aromatic N) is 2. The number of nitrogens with one attached hydrogen (secondary N) is 1. The van der Waals surface area contributed by atoms with Crippen molar-refractivity contribution in [2.75, 3.05) is 14.1 Å². The number of amides is 2. The van der Waals surface area contributed by atoms with Gasteiger partial charge in [0.15, 0.2) is 0 Å². The van der Waals surface area contributed by atoms with Gasteiger partial charge < -0.3 is 15.3 Å². The third kappa shape index (κ3) is 4.97. The van der Waals surface area contributed by atoms with Crippen molar-refractivity contribution in [1.82, 2.24) is 15.1 Å². The summed E-state index contributed by atoms with van der Waals surface area (Å²) in [5, 5.41) is 13.6. The van der Waals surface area contributed by atoms with Gasteiger partial charge in [0.25, 0.3) is 0 Å². The molecule has 5 aliphatic rings. The van der Waals surface area contributed by atoms with Gasteiger partial charge in [0.05, 0.1) is 6.04 Å². The van der Waals surface area contributed by atoms with Gasteiger partial charge in [-0.25, -0.2) is 0 Å². The summed E-state index contributed by atoms with van der Waals surface area (Å²) in [4.78, 5) is 32.4. The highest BCUT2D eigenvalue weighted by molar-refractivity contribution is 5.91. The fraction of sp³-hybridized carbons (Fsp3) is 0.576. The van der Waals surface area contributed by atoms with Crippen LogP contribution in [0.4, 0.5) is 0 Å². The van der Waals surface area contributed by atoms with Gasteiger partial charge in [-0.05, 0) is 131 Å². The summed E-state index contributed by atoms with van der Waals surface area (Å²) in [6, 6.07) is 10.8. The first-order chi connectivity index (χ1) is 18.6. The minimum absolute atomic E-state index is 0.00737. The lowest BCUT2D eigenvalue weighted by Crippen LogP contribution is -2.64. The second kappa shape index (κ2) is 9.96. The van der Waals surface area contributed by atoms with E-state index in [1.54, 1.807) is 12.1 Å². The van der Waals surface area contributed by atoms with Crippen molar-refractivity contribution in [3.63, 3.8) is 0 Å². The zero-order valence-electron chi connectivity index (χ0n) is 23.9. The first kappa shape index (κ1) is 26.4. The number of carbonyl (C=O) groups excluding carboxylic acids is 2. The Bertz CT molecular complexity index is 1230. The molecule has 0 aromatic heterocycles. The number of benzene rings is 2. The van der Waals surface area contributed by atoms with Crippen LogP contribution in [0.1, 0.15) is 66.3 Å². The van der Waals surface area contributed by atoms with Crippen LogP contribution in [0.5, 0.6) is 5.75 Å². The minimum Gasteiger partial charge on any atom is -0.508 e. The van der Waals surface area contributed by atoms with E-state index in [0.717, 1.165) is 59.3 Å². The second-order valence-electron chi connectivity index (χ2n) is 13.4. The molecule has 4 saturated carbocycles. The molecular weight excluding hydrogens is 486 g/mol. The molecule has 1 heterocycles. The Labute approximate surface area is 232 Å². The molecule has 2 aromatic rings. The maximum absolute atomic E-state index is 14.4. The topological polar surface area (TPSA) is 72.9 Å². The first-order valence-electron chi connectivity index (χ1n) is 14.8. The number of phenolic OH excluding ortho intramolecular Hbond substituents is 1. The molecule has 208 valence electrons. The van der Waals surface area contributed by atoms with Crippen molar-refractivity contribution in [1.29, 1.82) is 0 Å². The van der Waals surface area contributed by atoms with Crippen LogP contribution < -0.4 is 5.32 Å². The van der Waals surface area contributed by atoms with Gasteiger partial charge in [-0.1, -0.05) is 24.3 Å². The van der Waals surface area contributed by atoms with E-state index in [9.17, 15) is 14.7 Å². The molecule has 4 bridgehead atoms. The molecule has 4 fully saturated rings. The molecule has 0 unspecified atom stereocenters. The third-order valence-corrected chi connectivity index (χ3v) is 10.2. The monoisotopic (exact) mass is 529 g/mol. The predicted octanol–water partition coefficient (Wildman–Crippen LogP) is 4.52. The van der Waals surface area contributed by atoms with Crippen LogP contribution in [0.3, 0.4) is 0 Å². The van der Waals surface area contributed by atoms with Gasteiger partial charge in [0, 0.05) is 18.5 Å². The smallest absolute Gasteiger partial charge is 0.243 e. The summed E-state index contributed by atoms with van der Waals surface area (Å²) in [5.41, 5.74) is 5.24. The van der Waals surface area contributed by atoms with Gasteiger partial charge in [-0.2, -0.15) is 0 Å². The van der Waals surface area contributed by atoms with Gasteiger partial charge in [0.2, 0.25) is 11.8 Å². The van der Waals surface area contributed by atoms with Crippen molar-refractivity contribution >= 4 is 11.8 Å². The fourth-order valence-electron chi connectivity index (χ4n) is 8.77. The van der Waals surface area contributed by atoms with Crippen LogP contribution in [0.2, 0.25) is 0 Å². The van der Waals surface area contributed by atoms with Crippen LogP contribution in [0, 0.1) is 31.6 Å². The van der Waals surface area contributed by atoms with Crippen LogP contribution in [-0.2, 0) is 29.0 Å². The van der Waals surface area contributed by atoms with Gasteiger partial charge in [-0.15, -0.1) is 0 Å². The first-order valence-corrected chi connectivity index (χ1v) is 14.8. The Morgan fingerprint density at radius 1 is 1.00 bits per heavy atom. The van der Waals surface area contributed by atoms with Crippen molar-refractivity contribution in [2.24, 2.45) is 17.8 Å². The standard InChI is InChI=1S/C33H43N3O3/c1-20-9-27(37)10-21(2)28(20)15-30(35(3)4)32(39)36-19-26-8-6-5-7-25(26)14-29(36)31(38)34-33-16-22-11-23(17-33)13-24(12-22)18-33/h5-10,22-24,29-30,37H,11-19H2,1-4H3,(H,34,38)/t22?,23?,24?,29-,30+,33?/m1/s1. The number of phenols is 1. The van der Waals surface area contributed by atoms with E-state index in [2.05, 4.69) is 17.4 Å². The zero-order chi connectivity index (χ0) is 27.5. The summed E-state index contributed by atoms with van der Waals surface area (Å²) in [7, 11) is 3.88. The van der Waals surface area contributed by atoms with E-state index in [0.29, 0.717) is 19.4 Å². The number of carbonyl (C=O) groups is 2. The molecule has 39 heavy (non-hydrogen) atoms. The SMILES string of the molecule is Cc1cc(O)cc(C)c1C[C@@H](C(=O)N1Cc2ccccc2C[C@@H]1C(=O)NC12CC3CC(CC(C3)C1)C2)N(C)C. The van der Waals surface area contributed by atoms with Gasteiger partial charge in [-0.3, -0.25) is 14.5 Å². The maximum atomic E-state index is 14.4. The van der Waals surface area contributed by atoms with Crippen molar-refractivity contribution in [2.45, 2.75) is 89.4 Å². The third-order valence-electron chi connectivity index (χ3n) is 10.2. The van der Waals surface area contributed by atoms with E-state index in [1.165, 1.54) is 24.8 Å². The largest absolute Gasteiger partial charge is 0.508 e. The van der Waals surface area contributed by atoms with Crippen LogP contribution in [0.15, 0.2) is 36.4 Å². The number of aryl methyl sites for hydroxylation is 2. The summed E-state index contributed by atoms with van der Waals surface area (Å²) >= 11 is 0. The summed E-state index contributed by atoms with van der Waals surface area (Å²) in [5.74, 6) is 2.50. The van der Waals surface area contributed by atoms with E-state index >= 15 is 0 Å². The molecule has 0 saturated heterocycles. The maximum Gasteiger partial charge on any atom is 0.243 e. The molecule has 6 heteroatoms. The number of hydrogen-bond acceptors (Lipinski definition) is 4. The molecule has 1 aliphatic heterocycles. The lowest BCUT2D eigenvalue weighted by molar-refractivity contribution is -0.147. The van der Waals surface area contributed by atoms with Crippen LogP contribution in [0.25, 0.3) is 0 Å². The molecule has 0 radical (unpaired) electrons. The predicted molar refractivity (Wildman–Crippen MR) is 152 cm³/mol. The number of aromatic hydroxyl groups is 1. The number of rotatable bonds is 6. The number of fused-ring (bicyclic) bond motifs is 1. The average Bonchev–Trinajstić information content (AvgIpc) is 2.85. The molecule has 6 nitrogen and oxygen atoms in total. The van der Waals surface area contributed by atoms with Crippen molar-refractivity contribution in [3.8, 4) is 5.75 Å². The Balaban J connectivity index is 1.29. The molecule has 2 N–H and O–H groups in total. The molecule has 2 amide bonds. The van der Waals surface area contributed by atoms with E-state index in [1.807, 2.05) is 49.9 Å². The summed E-state index contributed by atoms with van der Waals surface area (Å²) in [6.45, 7) is 4.42. The van der Waals surface area contributed by atoms with E-state index in [4.69, 9.17) is 0 Å². The van der Waals surface area contributed by atoms with Crippen molar-refractivity contribution < 1.29 is 14.7 Å². The van der Waals surface area contributed by atoms with E-state index in [-0.39, 0.29) is 23.1 Å². The molecule has 2 atom stereocenters. The fourth-order valence-corrected chi connectivity index (χ4v) is 8.77. The molecule has 0 spiro atoms. The Hall–Kier alpha value is -2.86. The van der Waals surface area contributed by atoms with Crippen molar-refractivity contribution in [3.05, 3.63) is 64.2 Å². The van der Waals surface area contributed by atoms with Gasteiger partial charge >= 0.3 is 0 Å². The highest BCUT2D eigenvalue weighted by atomic mass is 16.3. The van der Waals surface area contributed by atoms with E-state index < -0.39 is 12.1 Å². The Morgan fingerprint density at radius 3 is 2.13 bits per heavy atom. The highest BCUT2D eigenvalue weighted by Gasteiger charge is 2.52. The molecule has 2 aromatic carbocycles. The van der Waals surface area contributed by atoms with Crippen LogP contribution in [-0.4, -0.2) is 58.4 Å². The minimum atomic E-state index is -0.509. The Kier molecular flexibility index (Phi) is 6.73. The average molecular weight is 530 g/mol. The summed E-state index contributed by atoms with van der Waals surface area (Å²) in [6.07, 6.45) is 8.37. The second-order valence-corrected chi connectivity index (χ2v) is 13.4. The lowest BCUT2D eigenvalue weighted by Gasteiger charge is -2.57. The quantitative estimate of drug-likeness (QED) is 0.577. The van der Waals surface area contributed by atoms with Gasteiger partial charge in [0.1, 0.15) is 11.8 Å².